The van der Waals surface area contributed by atoms with Crippen LogP contribution in [-0.2, 0) is 0 Å². The van der Waals surface area contributed by atoms with Crippen LogP contribution >= 0.6 is 0 Å². The number of hydrogen-bond donors (Lipinski definition) is 0. The smallest absolute Gasteiger partial charge is 0.0162 e. The van der Waals surface area contributed by atoms with Crippen molar-refractivity contribution in [1.82, 2.24) is 0 Å². The molecule has 0 radical (unpaired) electrons. The summed E-state index contributed by atoms with van der Waals surface area (Å²) in [5.74, 6) is 0.775. The van der Waals surface area contributed by atoms with Gasteiger partial charge in [-0.1, -0.05) is 49.6 Å². The van der Waals surface area contributed by atoms with Crippen molar-refractivity contribution in [3.8, 4) is 0 Å². The van der Waals surface area contributed by atoms with E-state index in [9.17, 15) is 0 Å². The fraction of sp³-hybridized carbons (Fsp3) is 0.571. The standard InChI is InChI=1S/C14H22/c1-4-13(11-10-12(2)3)14-8-6-5-7-9-14/h4,10-11,14H,1,5-9H2,2-3H3/b13-11+. The lowest BCUT2D eigenvalue weighted by atomic mass is 9.83. The molecule has 0 aromatic heterocycles. The van der Waals surface area contributed by atoms with Crippen LogP contribution in [0.25, 0.3) is 0 Å². The molecule has 0 unspecified atom stereocenters. The molecule has 1 fully saturated rings. The Balaban J connectivity index is 2.64. The van der Waals surface area contributed by atoms with Crippen molar-refractivity contribution in [2.75, 3.05) is 0 Å². The first-order valence-electron chi connectivity index (χ1n) is 5.71. The van der Waals surface area contributed by atoms with E-state index in [0.29, 0.717) is 0 Å². The Bertz CT molecular complexity index is 233. The van der Waals surface area contributed by atoms with Gasteiger partial charge < -0.3 is 0 Å². The third-order valence-electron chi connectivity index (χ3n) is 2.92. The molecule has 0 bridgehead atoms. The van der Waals surface area contributed by atoms with Crippen LogP contribution in [0.5, 0.6) is 0 Å². The third kappa shape index (κ3) is 3.53. The summed E-state index contributed by atoms with van der Waals surface area (Å²) in [4.78, 5) is 0. The van der Waals surface area contributed by atoms with Gasteiger partial charge in [0.25, 0.3) is 0 Å². The molecule has 0 atom stereocenters. The Morgan fingerprint density at radius 3 is 2.21 bits per heavy atom. The average Bonchev–Trinajstić information content (AvgIpc) is 2.20. The van der Waals surface area contributed by atoms with Gasteiger partial charge in [0.05, 0.1) is 0 Å². The van der Waals surface area contributed by atoms with Crippen LogP contribution in [0, 0.1) is 5.92 Å². The molecule has 1 aliphatic rings. The largest absolute Gasteiger partial charge is 0.0988 e. The number of hydrogen-bond acceptors (Lipinski definition) is 0. The maximum atomic E-state index is 3.92. The molecule has 0 amide bonds. The highest BCUT2D eigenvalue weighted by atomic mass is 14.2. The Morgan fingerprint density at radius 2 is 1.71 bits per heavy atom. The van der Waals surface area contributed by atoms with Crippen LogP contribution in [0.2, 0.25) is 0 Å². The summed E-state index contributed by atoms with van der Waals surface area (Å²) >= 11 is 0. The van der Waals surface area contributed by atoms with E-state index in [1.807, 2.05) is 6.08 Å². The third-order valence-corrected chi connectivity index (χ3v) is 2.92. The van der Waals surface area contributed by atoms with Crippen molar-refractivity contribution in [1.29, 1.82) is 0 Å². The van der Waals surface area contributed by atoms with E-state index in [1.54, 1.807) is 0 Å². The molecule has 0 nitrogen and oxygen atoms in total. The predicted molar refractivity (Wildman–Crippen MR) is 64.3 cm³/mol. The van der Waals surface area contributed by atoms with E-state index in [-0.39, 0.29) is 0 Å². The van der Waals surface area contributed by atoms with Crippen molar-refractivity contribution >= 4 is 0 Å². The minimum absolute atomic E-state index is 0.775. The van der Waals surface area contributed by atoms with Crippen LogP contribution in [-0.4, -0.2) is 0 Å². The molecule has 0 heterocycles. The minimum Gasteiger partial charge on any atom is -0.0988 e. The Kier molecular flexibility index (Phi) is 4.72. The lowest BCUT2D eigenvalue weighted by Gasteiger charge is -2.22. The van der Waals surface area contributed by atoms with Gasteiger partial charge in [-0.2, -0.15) is 0 Å². The van der Waals surface area contributed by atoms with Crippen LogP contribution in [0.3, 0.4) is 0 Å². The molecule has 0 aromatic carbocycles. The molecule has 1 saturated carbocycles. The highest BCUT2D eigenvalue weighted by Gasteiger charge is 2.14. The maximum Gasteiger partial charge on any atom is -0.0162 e. The first-order chi connectivity index (χ1) is 6.74. The highest BCUT2D eigenvalue weighted by Crippen LogP contribution is 2.30. The summed E-state index contributed by atoms with van der Waals surface area (Å²) in [6.07, 6.45) is 13.4. The summed E-state index contributed by atoms with van der Waals surface area (Å²) in [6, 6.07) is 0. The van der Waals surface area contributed by atoms with Crippen molar-refractivity contribution in [2.45, 2.75) is 46.0 Å². The van der Waals surface area contributed by atoms with Gasteiger partial charge >= 0.3 is 0 Å². The first kappa shape index (κ1) is 11.3. The molecule has 0 aliphatic heterocycles. The molecule has 0 spiro atoms. The molecule has 0 N–H and O–H groups in total. The molecular weight excluding hydrogens is 168 g/mol. The van der Waals surface area contributed by atoms with Gasteiger partial charge in [-0.25, -0.2) is 0 Å². The average molecular weight is 190 g/mol. The van der Waals surface area contributed by atoms with Gasteiger partial charge in [-0.3, -0.25) is 0 Å². The van der Waals surface area contributed by atoms with E-state index >= 15 is 0 Å². The molecular formula is C14H22. The van der Waals surface area contributed by atoms with E-state index < -0.39 is 0 Å². The summed E-state index contributed by atoms with van der Waals surface area (Å²) in [7, 11) is 0. The Morgan fingerprint density at radius 1 is 1.07 bits per heavy atom. The first-order valence-corrected chi connectivity index (χ1v) is 5.71. The van der Waals surface area contributed by atoms with Crippen molar-refractivity contribution in [3.05, 3.63) is 36.0 Å². The van der Waals surface area contributed by atoms with Gasteiger partial charge in [0.15, 0.2) is 0 Å². The zero-order chi connectivity index (χ0) is 10.4. The topological polar surface area (TPSA) is 0 Å². The van der Waals surface area contributed by atoms with Gasteiger partial charge in [0, 0.05) is 0 Å². The van der Waals surface area contributed by atoms with Gasteiger partial charge in [-0.15, -0.1) is 0 Å². The zero-order valence-electron chi connectivity index (χ0n) is 9.55. The highest BCUT2D eigenvalue weighted by molar-refractivity contribution is 5.26. The van der Waals surface area contributed by atoms with Crippen LogP contribution in [0.4, 0.5) is 0 Å². The minimum atomic E-state index is 0.775. The molecule has 14 heavy (non-hydrogen) atoms. The second-order valence-electron chi connectivity index (χ2n) is 4.45. The summed E-state index contributed by atoms with van der Waals surface area (Å²) in [5, 5.41) is 0. The zero-order valence-corrected chi connectivity index (χ0v) is 9.55. The lowest BCUT2D eigenvalue weighted by molar-refractivity contribution is 0.408. The Labute approximate surface area is 88.4 Å². The van der Waals surface area contributed by atoms with Gasteiger partial charge in [0.1, 0.15) is 0 Å². The fourth-order valence-electron chi connectivity index (χ4n) is 2.07. The quantitative estimate of drug-likeness (QED) is 0.568. The van der Waals surface area contributed by atoms with Crippen LogP contribution in [0.15, 0.2) is 36.0 Å². The van der Waals surface area contributed by atoms with Crippen molar-refractivity contribution < 1.29 is 0 Å². The SMILES string of the molecule is C=C/C(=C\C=C(C)C)C1CCCCC1. The van der Waals surface area contributed by atoms with Crippen LogP contribution < -0.4 is 0 Å². The summed E-state index contributed by atoms with van der Waals surface area (Å²) in [6.45, 7) is 8.19. The lowest BCUT2D eigenvalue weighted by Crippen LogP contribution is -2.07. The number of rotatable bonds is 3. The predicted octanol–water partition coefficient (Wildman–Crippen LogP) is 4.65. The molecule has 0 heteroatoms. The summed E-state index contributed by atoms with van der Waals surface area (Å²) < 4.78 is 0. The molecule has 78 valence electrons. The van der Waals surface area contributed by atoms with Gasteiger partial charge in [-0.05, 0) is 38.2 Å². The molecule has 0 saturated heterocycles. The molecule has 0 aromatic rings. The fourth-order valence-corrected chi connectivity index (χ4v) is 2.07. The van der Waals surface area contributed by atoms with E-state index in [1.165, 1.54) is 43.3 Å². The normalized spacial score (nSPS) is 19.1. The van der Waals surface area contributed by atoms with E-state index in [2.05, 4.69) is 32.6 Å². The number of allylic oxidation sites excluding steroid dienone is 5. The van der Waals surface area contributed by atoms with Crippen LogP contribution in [0.1, 0.15) is 46.0 Å². The van der Waals surface area contributed by atoms with E-state index in [4.69, 9.17) is 0 Å². The summed E-state index contributed by atoms with van der Waals surface area (Å²) in [5.41, 5.74) is 2.80. The Hall–Kier alpha value is -0.780. The maximum absolute atomic E-state index is 3.92. The molecule has 1 aliphatic carbocycles. The van der Waals surface area contributed by atoms with Crippen molar-refractivity contribution in [3.63, 3.8) is 0 Å². The van der Waals surface area contributed by atoms with Gasteiger partial charge in [0.2, 0.25) is 0 Å². The van der Waals surface area contributed by atoms with Crippen molar-refractivity contribution in [2.24, 2.45) is 5.92 Å². The second kappa shape index (κ2) is 5.85. The second-order valence-corrected chi connectivity index (χ2v) is 4.45. The molecule has 1 rings (SSSR count). The van der Waals surface area contributed by atoms with E-state index in [0.717, 1.165) is 5.92 Å². The monoisotopic (exact) mass is 190 g/mol.